The molecular formula is C102H70N6O4. The first-order valence-electron chi connectivity index (χ1n) is 39.3. The van der Waals surface area contributed by atoms with E-state index in [1.165, 1.54) is 120 Å². The van der Waals surface area contributed by atoms with Gasteiger partial charge in [-0.25, -0.2) is 29.9 Å². The van der Waals surface area contributed by atoms with Gasteiger partial charge >= 0.3 is 0 Å². The zero-order valence-electron chi connectivity index (χ0n) is 61.3. The van der Waals surface area contributed by atoms with Gasteiger partial charge in [0, 0.05) is 76.2 Å². The van der Waals surface area contributed by atoms with Crippen molar-refractivity contribution in [3.05, 3.63) is 326 Å². The van der Waals surface area contributed by atoms with E-state index < -0.39 is 0 Å². The molecule has 10 heteroatoms. The summed E-state index contributed by atoms with van der Waals surface area (Å²) in [6.45, 7) is 0. The molecule has 20 aromatic rings. The molecule has 0 amide bonds. The van der Waals surface area contributed by atoms with Gasteiger partial charge in [-0.1, -0.05) is 257 Å². The topological polar surface area (TPSA) is 130 Å². The first kappa shape index (κ1) is 64.3. The second-order valence-corrected chi connectivity index (χ2v) is 30.9. The maximum absolute atomic E-state index is 6.50. The first-order chi connectivity index (χ1) is 55.4. The van der Waals surface area contributed by atoms with Gasteiger partial charge < -0.3 is 17.7 Å². The summed E-state index contributed by atoms with van der Waals surface area (Å²) in [7, 11) is 0. The monoisotopic (exact) mass is 1440 g/mol. The van der Waals surface area contributed by atoms with Crippen molar-refractivity contribution in [1.82, 2.24) is 29.9 Å². The van der Waals surface area contributed by atoms with E-state index in [1.807, 2.05) is 109 Å². The number of furan rings is 4. The van der Waals surface area contributed by atoms with Crippen molar-refractivity contribution in [2.75, 3.05) is 0 Å². The molecule has 24 rings (SSSR count). The van der Waals surface area contributed by atoms with Crippen LogP contribution in [0.25, 0.3) is 201 Å². The fourth-order valence-corrected chi connectivity index (χ4v) is 19.4. The highest BCUT2D eigenvalue weighted by Crippen LogP contribution is 2.58. The minimum Gasteiger partial charge on any atom is -0.456 e. The van der Waals surface area contributed by atoms with Crippen LogP contribution in [-0.2, 0) is 10.8 Å². The summed E-state index contributed by atoms with van der Waals surface area (Å²) in [5.41, 5.74) is 28.0. The molecule has 0 aliphatic heterocycles. The van der Waals surface area contributed by atoms with Crippen molar-refractivity contribution in [3.8, 4) is 113 Å². The van der Waals surface area contributed by atoms with E-state index in [1.54, 1.807) is 0 Å². The van der Waals surface area contributed by atoms with Gasteiger partial charge in [0.25, 0.3) is 0 Å². The molecule has 0 radical (unpaired) electrons. The Morgan fingerprint density at radius 2 is 0.482 bits per heavy atom. The van der Waals surface area contributed by atoms with Crippen LogP contribution in [0.2, 0.25) is 0 Å². The Bertz CT molecular complexity index is 7000. The van der Waals surface area contributed by atoms with Crippen molar-refractivity contribution < 1.29 is 17.7 Å². The van der Waals surface area contributed by atoms with Crippen molar-refractivity contribution in [2.24, 2.45) is 0 Å². The zero-order chi connectivity index (χ0) is 73.6. The highest BCUT2D eigenvalue weighted by molar-refractivity contribution is 6.12. The first-order valence-corrected chi connectivity index (χ1v) is 39.3. The molecular weight excluding hydrogens is 1370 g/mol. The zero-order valence-corrected chi connectivity index (χ0v) is 61.3. The third-order valence-corrected chi connectivity index (χ3v) is 24.7. The van der Waals surface area contributed by atoms with Crippen molar-refractivity contribution in [3.63, 3.8) is 0 Å². The molecule has 14 aromatic carbocycles. The van der Waals surface area contributed by atoms with Crippen LogP contribution in [0.1, 0.15) is 86.5 Å². The standard InChI is InChI=1S/2C51H35N3O2/c1-8-27-51(28-9-1)42-22-5-2-15-34(42)41-30-32(25-26-43(41)51)31-13-10-14-33(29-31)48-52-49(39-20-11-18-37-35-16-3-6-23-44(35)55-46(37)39)54-50(53-48)40-21-12-19-38-36-17-4-7-24-45(36)56-47(38)40;1-8-25-51(26-9-1)42-16-5-2-13-36(42)41-28-32(21-24-43(41)51)31-11-10-12-33(27-31)48-52-49(34-19-22-39-37-14-3-6-17-44(37)55-46(39)29-34)54-50(53-48)35-20-23-40-38-15-4-7-18-45(38)56-47(40)30-35/h2-7,10-26,29-30H,1,8-9,27-28H2;2-7,10-24,27-30H,1,8-9,25-26H2. The molecule has 6 aromatic heterocycles. The quantitative estimate of drug-likeness (QED) is 0.145. The highest BCUT2D eigenvalue weighted by Gasteiger charge is 2.45. The summed E-state index contributed by atoms with van der Waals surface area (Å²) >= 11 is 0. The molecule has 0 bridgehead atoms. The number of hydrogen-bond donors (Lipinski definition) is 0. The van der Waals surface area contributed by atoms with Crippen LogP contribution in [-0.4, -0.2) is 29.9 Å². The fourth-order valence-electron chi connectivity index (χ4n) is 19.4. The molecule has 2 fully saturated rings. The van der Waals surface area contributed by atoms with Crippen LogP contribution in [0.3, 0.4) is 0 Å². The van der Waals surface area contributed by atoms with E-state index >= 15 is 0 Å². The Labute approximate surface area is 644 Å². The molecule has 6 heterocycles. The molecule has 0 unspecified atom stereocenters. The Balaban J connectivity index is 0.000000134. The van der Waals surface area contributed by atoms with Gasteiger partial charge in [0.15, 0.2) is 34.9 Å². The summed E-state index contributed by atoms with van der Waals surface area (Å²) in [5.74, 6) is 3.43. The number of aromatic nitrogens is 6. The molecule has 112 heavy (non-hydrogen) atoms. The predicted molar refractivity (Wildman–Crippen MR) is 451 cm³/mol. The molecule has 532 valence electrons. The van der Waals surface area contributed by atoms with Gasteiger partial charge in [0.1, 0.15) is 44.7 Å². The van der Waals surface area contributed by atoms with E-state index in [2.05, 4.69) is 194 Å². The van der Waals surface area contributed by atoms with E-state index in [-0.39, 0.29) is 10.8 Å². The second kappa shape index (κ2) is 25.4. The minimum absolute atomic E-state index is 0.133. The summed E-state index contributed by atoms with van der Waals surface area (Å²) in [6, 6.07) is 107. The van der Waals surface area contributed by atoms with Crippen molar-refractivity contribution in [2.45, 2.75) is 75.0 Å². The average Bonchev–Trinajstić information content (AvgIpc) is 1.56. The normalized spacial score (nSPS) is 14.6. The van der Waals surface area contributed by atoms with Gasteiger partial charge in [0.05, 0.1) is 11.1 Å². The maximum atomic E-state index is 6.50. The number of para-hydroxylation sites is 6. The summed E-state index contributed by atoms with van der Waals surface area (Å²) in [6.07, 6.45) is 12.7. The summed E-state index contributed by atoms with van der Waals surface area (Å²) in [5, 5.41) is 8.47. The van der Waals surface area contributed by atoms with Crippen LogP contribution in [0, 0.1) is 0 Å². The van der Waals surface area contributed by atoms with Gasteiger partial charge in [0.2, 0.25) is 0 Å². The predicted octanol–water partition coefficient (Wildman–Crippen LogP) is 27.1. The summed E-state index contributed by atoms with van der Waals surface area (Å²) in [4.78, 5) is 31.0. The number of benzene rings is 14. The van der Waals surface area contributed by atoms with Crippen molar-refractivity contribution >= 4 is 87.8 Å². The van der Waals surface area contributed by atoms with E-state index in [4.69, 9.17) is 47.6 Å². The van der Waals surface area contributed by atoms with Crippen molar-refractivity contribution in [1.29, 1.82) is 0 Å². The minimum atomic E-state index is 0.133. The van der Waals surface area contributed by atoms with Gasteiger partial charge in [-0.2, -0.15) is 0 Å². The largest absolute Gasteiger partial charge is 0.456 e. The third kappa shape index (κ3) is 10.2. The van der Waals surface area contributed by atoms with E-state index in [0.29, 0.717) is 34.9 Å². The third-order valence-electron chi connectivity index (χ3n) is 24.7. The number of rotatable bonds is 8. The van der Waals surface area contributed by atoms with Crippen LogP contribution in [0.4, 0.5) is 0 Å². The lowest BCUT2D eigenvalue weighted by Gasteiger charge is -2.36. The molecule has 10 nitrogen and oxygen atoms in total. The Morgan fingerprint density at radius 3 is 0.920 bits per heavy atom. The molecule has 2 saturated carbocycles. The number of fused-ring (bicyclic) bond motifs is 22. The molecule has 2 spiro atoms. The van der Waals surface area contributed by atoms with E-state index in [9.17, 15) is 0 Å². The van der Waals surface area contributed by atoms with Crippen LogP contribution in [0.15, 0.2) is 321 Å². The SMILES string of the molecule is c1cc(-c2ccc3c(c2)-c2ccccc2C32CCCCC2)cc(-c2nc(-c3ccc4c(c3)oc3ccccc34)nc(-c3ccc4c(c3)oc3ccccc34)n2)c1.c1cc(-c2ccc3c(c2)-c2ccccc2C32CCCCC2)cc(-c2nc(-c3cccc4c3oc3ccccc34)nc(-c3cccc4c3oc3ccccc34)n2)c1. The lowest BCUT2D eigenvalue weighted by atomic mass is 9.68. The lowest BCUT2D eigenvalue weighted by Crippen LogP contribution is -2.27. The van der Waals surface area contributed by atoms with Crippen LogP contribution < -0.4 is 0 Å². The average molecular weight is 1440 g/mol. The Hall–Kier alpha value is -13.7. The fraction of sp³-hybridized carbons (Fsp3) is 0.118. The van der Waals surface area contributed by atoms with Gasteiger partial charge in [-0.05, 0) is 177 Å². The number of hydrogen-bond acceptors (Lipinski definition) is 10. The number of nitrogens with zero attached hydrogens (tertiary/aromatic N) is 6. The molecule has 0 atom stereocenters. The molecule has 4 aliphatic rings. The lowest BCUT2D eigenvalue weighted by molar-refractivity contribution is 0.353. The second-order valence-electron chi connectivity index (χ2n) is 30.9. The molecule has 0 saturated heterocycles. The Kier molecular flexibility index (Phi) is 14.6. The van der Waals surface area contributed by atoms with Crippen LogP contribution in [0.5, 0.6) is 0 Å². The van der Waals surface area contributed by atoms with Crippen LogP contribution >= 0.6 is 0 Å². The smallest absolute Gasteiger partial charge is 0.167 e. The van der Waals surface area contributed by atoms with E-state index in [0.717, 1.165) is 132 Å². The highest BCUT2D eigenvalue weighted by atomic mass is 16.3. The summed E-state index contributed by atoms with van der Waals surface area (Å²) < 4.78 is 25.6. The molecule has 4 aliphatic carbocycles. The Morgan fingerprint density at radius 1 is 0.188 bits per heavy atom. The molecule has 0 N–H and O–H groups in total. The van der Waals surface area contributed by atoms with Gasteiger partial charge in [-0.15, -0.1) is 0 Å². The maximum Gasteiger partial charge on any atom is 0.167 e. The van der Waals surface area contributed by atoms with Gasteiger partial charge in [-0.3, -0.25) is 0 Å².